The minimum atomic E-state index is -0.447. The third kappa shape index (κ3) is 3.31. The molecular weight excluding hydrogens is 268 g/mol. The molecule has 1 unspecified atom stereocenters. The second-order valence-electron chi connectivity index (χ2n) is 4.56. The Labute approximate surface area is 116 Å². The van der Waals surface area contributed by atoms with Crippen LogP contribution in [-0.2, 0) is 6.42 Å². The van der Waals surface area contributed by atoms with Crippen molar-refractivity contribution in [1.82, 2.24) is 0 Å². The summed E-state index contributed by atoms with van der Waals surface area (Å²) in [5.41, 5.74) is 8.64. The van der Waals surface area contributed by atoms with Gasteiger partial charge >= 0.3 is 0 Å². The van der Waals surface area contributed by atoms with E-state index in [4.69, 9.17) is 17.3 Å². The van der Waals surface area contributed by atoms with Gasteiger partial charge in [-0.25, -0.2) is 8.78 Å². The van der Waals surface area contributed by atoms with Crippen LogP contribution >= 0.6 is 11.6 Å². The standard InChI is InChI=1S/C15H14ClF2N/c1-9-6-11(17)3-4-12(9)15(19)8-10-2-5-14(18)13(16)7-10/h2-7,15H,8,19H2,1H3. The van der Waals surface area contributed by atoms with Crippen molar-refractivity contribution in [1.29, 1.82) is 0 Å². The fraction of sp³-hybridized carbons (Fsp3) is 0.200. The highest BCUT2D eigenvalue weighted by atomic mass is 35.5. The Morgan fingerprint density at radius 3 is 2.53 bits per heavy atom. The Kier molecular flexibility index (Phi) is 4.17. The average Bonchev–Trinajstić information content (AvgIpc) is 2.33. The van der Waals surface area contributed by atoms with Crippen molar-refractivity contribution < 1.29 is 8.78 Å². The molecule has 1 nitrogen and oxygen atoms in total. The largest absolute Gasteiger partial charge is 0.324 e. The Hall–Kier alpha value is -1.45. The monoisotopic (exact) mass is 281 g/mol. The summed E-state index contributed by atoms with van der Waals surface area (Å²) in [6.07, 6.45) is 0.520. The lowest BCUT2D eigenvalue weighted by Crippen LogP contribution is -2.14. The van der Waals surface area contributed by atoms with Crippen LogP contribution in [-0.4, -0.2) is 0 Å². The molecule has 0 amide bonds. The molecule has 0 fully saturated rings. The minimum absolute atomic E-state index is 0.0838. The van der Waals surface area contributed by atoms with E-state index in [1.54, 1.807) is 18.2 Å². The number of benzene rings is 2. The molecule has 1 atom stereocenters. The van der Waals surface area contributed by atoms with Gasteiger partial charge in [-0.15, -0.1) is 0 Å². The quantitative estimate of drug-likeness (QED) is 0.898. The lowest BCUT2D eigenvalue weighted by Gasteiger charge is -2.15. The summed E-state index contributed by atoms with van der Waals surface area (Å²) in [7, 11) is 0. The molecule has 4 heteroatoms. The molecule has 0 aliphatic rings. The molecule has 2 rings (SSSR count). The normalized spacial score (nSPS) is 12.5. The van der Waals surface area contributed by atoms with Crippen LogP contribution in [0.4, 0.5) is 8.78 Å². The average molecular weight is 282 g/mol. The smallest absolute Gasteiger partial charge is 0.141 e. The van der Waals surface area contributed by atoms with Crippen LogP contribution in [0.3, 0.4) is 0 Å². The van der Waals surface area contributed by atoms with E-state index >= 15 is 0 Å². The van der Waals surface area contributed by atoms with Crippen molar-refractivity contribution in [3.8, 4) is 0 Å². The molecule has 0 bridgehead atoms. The van der Waals surface area contributed by atoms with Crippen LogP contribution < -0.4 is 5.73 Å². The van der Waals surface area contributed by atoms with Crippen molar-refractivity contribution in [2.75, 3.05) is 0 Å². The zero-order valence-electron chi connectivity index (χ0n) is 10.5. The van der Waals surface area contributed by atoms with Crippen molar-refractivity contribution in [3.05, 3.63) is 69.7 Å². The lowest BCUT2D eigenvalue weighted by atomic mass is 9.96. The molecule has 0 spiro atoms. The minimum Gasteiger partial charge on any atom is -0.324 e. The van der Waals surface area contributed by atoms with E-state index in [-0.39, 0.29) is 16.9 Å². The van der Waals surface area contributed by atoms with Gasteiger partial charge in [0.05, 0.1) is 5.02 Å². The van der Waals surface area contributed by atoms with Gasteiger partial charge < -0.3 is 5.73 Å². The topological polar surface area (TPSA) is 26.0 Å². The predicted octanol–water partition coefficient (Wildman–Crippen LogP) is 4.17. The van der Waals surface area contributed by atoms with Gasteiger partial charge in [0.25, 0.3) is 0 Å². The Morgan fingerprint density at radius 2 is 1.89 bits per heavy atom. The number of nitrogens with two attached hydrogens (primary N) is 1. The van der Waals surface area contributed by atoms with E-state index in [1.165, 1.54) is 18.2 Å². The third-order valence-electron chi connectivity index (χ3n) is 3.07. The Bertz CT molecular complexity index is 599. The van der Waals surface area contributed by atoms with Crippen LogP contribution in [0, 0.1) is 18.6 Å². The maximum Gasteiger partial charge on any atom is 0.141 e. The first kappa shape index (κ1) is 14.0. The Balaban J connectivity index is 2.20. The maximum absolute atomic E-state index is 13.1. The molecular formula is C15H14ClF2N. The first-order valence-electron chi connectivity index (χ1n) is 5.93. The summed E-state index contributed by atoms with van der Waals surface area (Å²) in [5, 5.41) is 0.0838. The number of hydrogen-bond acceptors (Lipinski definition) is 1. The van der Waals surface area contributed by atoms with Gasteiger partial charge in [-0.05, 0) is 54.3 Å². The molecule has 2 N–H and O–H groups in total. The lowest BCUT2D eigenvalue weighted by molar-refractivity contribution is 0.620. The molecule has 0 aromatic heterocycles. The van der Waals surface area contributed by atoms with Gasteiger partial charge in [-0.2, -0.15) is 0 Å². The van der Waals surface area contributed by atoms with Crippen LogP contribution in [0.15, 0.2) is 36.4 Å². The van der Waals surface area contributed by atoms with Gasteiger partial charge in [-0.1, -0.05) is 23.7 Å². The summed E-state index contributed by atoms with van der Waals surface area (Å²) >= 11 is 5.73. The first-order chi connectivity index (χ1) is 8.97. The highest BCUT2D eigenvalue weighted by Crippen LogP contribution is 2.23. The summed E-state index contributed by atoms with van der Waals surface area (Å²) in [6, 6.07) is 8.78. The van der Waals surface area contributed by atoms with E-state index in [0.29, 0.717) is 6.42 Å². The molecule has 0 aliphatic carbocycles. The number of rotatable bonds is 3. The van der Waals surface area contributed by atoms with E-state index in [2.05, 4.69) is 0 Å². The van der Waals surface area contributed by atoms with Crippen molar-refractivity contribution in [3.63, 3.8) is 0 Å². The zero-order valence-corrected chi connectivity index (χ0v) is 11.2. The molecule has 0 radical (unpaired) electrons. The summed E-state index contributed by atoms with van der Waals surface area (Å²) < 4.78 is 26.1. The molecule has 2 aromatic rings. The van der Waals surface area contributed by atoms with Gasteiger partial charge in [0.2, 0.25) is 0 Å². The predicted molar refractivity (Wildman–Crippen MR) is 73.2 cm³/mol. The SMILES string of the molecule is Cc1cc(F)ccc1C(N)Cc1ccc(F)c(Cl)c1. The molecule has 0 heterocycles. The van der Waals surface area contributed by atoms with E-state index < -0.39 is 5.82 Å². The second-order valence-corrected chi connectivity index (χ2v) is 4.97. The fourth-order valence-corrected chi connectivity index (χ4v) is 2.29. The van der Waals surface area contributed by atoms with Crippen molar-refractivity contribution >= 4 is 11.6 Å². The van der Waals surface area contributed by atoms with E-state index in [1.807, 2.05) is 6.92 Å². The zero-order chi connectivity index (χ0) is 14.0. The highest BCUT2D eigenvalue weighted by Gasteiger charge is 2.11. The molecule has 19 heavy (non-hydrogen) atoms. The fourth-order valence-electron chi connectivity index (χ4n) is 2.09. The van der Waals surface area contributed by atoms with Crippen molar-refractivity contribution in [2.45, 2.75) is 19.4 Å². The molecule has 100 valence electrons. The van der Waals surface area contributed by atoms with Gasteiger partial charge in [0.15, 0.2) is 0 Å². The van der Waals surface area contributed by atoms with Crippen LogP contribution in [0.5, 0.6) is 0 Å². The van der Waals surface area contributed by atoms with E-state index in [0.717, 1.165) is 16.7 Å². The number of aryl methyl sites for hydroxylation is 1. The van der Waals surface area contributed by atoms with Gasteiger partial charge in [-0.3, -0.25) is 0 Å². The molecule has 2 aromatic carbocycles. The number of hydrogen-bond donors (Lipinski definition) is 1. The molecule has 0 aliphatic heterocycles. The van der Waals surface area contributed by atoms with Gasteiger partial charge in [0.1, 0.15) is 11.6 Å². The highest BCUT2D eigenvalue weighted by molar-refractivity contribution is 6.30. The molecule has 0 saturated heterocycles. The second kappa shape index (κ2) is 5.68. The third-order valence-corrected chi connectivity index (χ3v) is 3.36. The summed E-state index contributed by atoms with van der Waals surface area (Å²) in [5.74, 6) is -0.727. The van der Waals surface area contributed by atoms with Crippen molar-refractivity contribution in [2.24, 2.45) is 5.73 Å². The first-order valence-corrected chi connectivity index (χ1v) is 6.30. The van der Waals surface area contributed by atoms with E-state index in [9.17, 15) is 8.78 Å². The van der Waals surface area contributed by atoms with Crippen LogP contribution in [0.2, 0.25) is 5.02 Å². The maximum atomic E-state index is 13.1. The van der Waals surface area contributed by atoms with Crippen LogP contribution in [0.1, 0.15) is 22.7 Å². The summed E-state index contributed by atoms with van der Waals surface area (Å²) in [4.78, 5) is 0. The van der Waals surface area contributed by atoms with Crippen LogP contribution in [0.25, 0.3) is 0 Å². The number of halogens is 3. The molecule has 0 saturated carbocycles. The summed E-state index contributed by atoms with van der Waals surface area (Å²) in [6.45, 7) is 1.82. The Morgan fingerprint density at radius 1 is 1.16 bits per heavy atom. The van der Waals surface area contributed by atoms with Gasteiger partial charge in [0, 0.05) is 6.04 Å².